The third kappa shape index (κ3) is 5.49. The van der Waals surface area contributed by atoms with Gasteiger partial charge in [-0.1, -0.05) is 24.2 Å². The largest absolute Gasteiger partial charge is 0.496 e. The van der Waals surface area contributed by atoms with Gasteiger partial charge in [0.25, 0.3) is 0 Å². The number of rotatable bonds is 9. The Labute approximate surface area is 219 Å². The lowest BCUT2D eigenvalue weighted by Crippen LogP contribution is -2.50. The fourth-order valence-electron chi connectivity index (χ4n) is 4.36. The van der Waals surface area contributed by atoms with Gasteiger partial charge in [0, 0.05) is 36.4 Å². The second-order valence-corrected chi connectivity index (χ2v) is 9.21. The molecule has 0 spiro atoms. The molecule has 1 saturated heterocycles. The van der Waals surface area contributed by atoms with Crippen molar-refractivity contribution in [3.63, 3.8) is 0 Å². The van der Waals surface area contributed by atoms with Crippen molar-refractivity contribution < 1.29 is 14.3 Å². The van der Waals surface area contributed by atoms with Crippen LogP contribution in [-0.4, -0.2) is 46.0 Å². The van der Waals surface area contributed by atoms with E-state index in [1.165, 1.54) is 12.4 Å². The van der Waals surface area contributed by atoms with Gasteiger partial charge in [-0.25, -0.2) is 9.97 Å². The van der Waals surface area contributed by atoms with Crippen LogP contribution in [-0.2, 0) is 17.8 Å². The highest BCUT2D eigenvalue weighted by molar-refractivity contribution is 6.32. The third-order valence-corrected chi connectivity index (χ3v) is 6.58. The molecule has 0 bridgehead atoms. The van der Waals surface area contributed by atoms with E-state index in [1.54, 1.807) is 24.3 Å². The maximum Gasteiger partial charge on any atom is 0.245 e. The zero-order valence-electron chi connectivity index (χ0n) is 20.4. The van der Waals surface area contributed by atoms with Gasteiger partial charge < -0.3 is 19.7 Å². The standard InChI is InChI=1S/C28H26ClN5O3/c1-3-27(35)34-14-18(15-34)10-19-11-22-24(13-26(19)36-2)31-17-32-28(22)33-20-7-8-25(23(29)12-20)37-16-21-6-4-5-9-30-21/h3-9,11-13,17-18H,1,10,14-16H2,2H3,(H,31,32,33). The average molecular weight is 516 g/mol. The zero-order valence-corrected chi connectivity index (χ0v) is 21.1. The molecular weight excluding hydrogens is 490 g/mol. The van der Waals surface area contributed by atoms with Crippen molar-refractivity contribution in [3.8, 4) is 11.5 Å². The van der Waals surface area contributed by atoms with Crippen molar-refractivity contribution in [1.29, 1.82) is 0 Å². The Hall–Kier alpha value is -4.17. The minimum atomic E-state index is -0.0339. The van der Waals surface area contributed by atoms with Gasteiger partial charge in [0.1, 0.15) is 30.3 Å². The zero-order chi connectivity index (χ0) is 25.8. The van der Waals surface area contributed by atoms with Crippen molar-refractivity contribution in [2.45, 2.75) is 13.0 Å². The van der Waals surface area contributed by atoms with Crippen LogP contribution in [0.4, 0.5) is 11.5 Å². The number of nitrogens with zero attached hydrogens (tertiary/aromatic N) is 4. The molecule has 1 aliphatic rings. The first-order chi connectivity index (χ1) is 18.0. The van der Waals surface area contributed by atoms with E-state index in [9.17, 15) is 4.79 Å². The van der Waals surface area contributed by atoms with Crippen LogP contribution in [0.15, 0.2) is 73.7 Å². The number of amides is 1. The Morgan fingerprint density at radius 2 is 2.03 bits per heavy atom. The molecule has 0 unspecified atom stereocenters. The van der Waals surface area contributed by atoms with E-state index in [2.05, 4.69) is 32.9 Å². The lowest BCUT2D eigenvalue weighted by molar-refractivity contribution is -0.132. The number of methoxy groups -OCH3 is 1. The summed E-state index contributed by atoms with van der Waals surface area (Å²) in [5, 5.41) is 4.70. The number of carbonyl (C=O) groups excluding carboxylic acids is 1. The Kier molecular flexibility index (Phi) is 7.18. The number of carbonyl (C=O) groups is 1. The summed E-state index contributed by atoms with van der Waals surface area (Å²) in [6.07, 6.45) is 5.38. The summed E-state index contributed by atoms with van der Waals surface area (Å²) in [6, 6.07) is 15.2. The van der Waals surface area contributed by atoms with Gasteiger partial charge in [0.2, 0.25) is 5.91 Å². The minimum Gasteiger partial charge on any atom is -0.496 e. The predicted octanol–water partition coefficient (Wildman–Crippen LogP) is 5.20. The SMILES string of the molecule is C=CC(=O)N1CC(Cc2cc3c(Nc4ccc(OCc5ccccn5)c(Cl)c4)ncnc3cc2OC)C1. The molecule has 1 N–H and O–H groups in total. The summed E-state index contributed by atoms with van der Waals surface area (Å²) < 4.78 is 11.5. The van der Waals surface area contributed by atoms with E-state index in [1.807, 2.05) is 36.4 Å². The molecule has 1 fully saturated rings. The molecule has 1 amide bonds. The normalized spacial score (nSPS) is 13.2. The second-order valence-electron chi connectivity index (χ2n) is 8.80. The van der Waals surface area contributed by atoms with E-state index in [-0.39, 0.29) is 5.91 Å². The van der Waals surface area contributed by atoms with Gasteiger partial charge in [-0.15, -0.1) is 0 Å². The topological polar surface area (TPSA) is 89.5 Å². The molecule has 3 heterocycles. The highest BCUT2D eigenvalue weighted by Gasteiger charge is 2.30. The van der Waals surface area contributed by atoms with Gasteiger partial charge in [-0.2, -0.15) is 0 Å². The summed E-state index contributed by atoms with van der Waals surface area (Å²) in [4.78, 5) is 26.7. The molecule has 1 aliphatic heterocycles. The number of likely N-dealkylation sites (tertiary alicyclic amines) is 1. The van der Waals surface area contributed by atoms with Gasteiger partial charge >= 0.3 is 0 Å². The van der Waals surface area contributed by atoms with E-state index < -0.39 is 0 Å². The first kappa shape index (κ1) is 24.5. The van der Waals surface area contributed by atoms with Crippen molar-refractivity contribution in [2.24, 2.45) is 5.92 Å². The summed E-state index contributed by atoms with van der Waals surface area (Å²) in [6.45, 7) is 5.30. The Morgan fingerprint density at radius 3 is 2.76 bits per heavy atom. The fourth-order valence-corrected chi connectivity index (χ4v) is 4.60. The summed E-state index contributed by atoms with van der Waals surface area (Å²) in [5.41, 5.74) is 3.39. The number of ether oxygens (including phenoxy) is 2. The van der Waals surface area contributed by atoms with Crippen molar-refractivity contribution in [2.75, 3.05) is 25.5 Å². The lowest BCUT2D eigenvalue weighted by Gasteiger charge is -2.39. The Balaban J connectivity index is 1.34. The maximum atomic E-state index is 11.8. The van der Waals surface area contributed by atoms with Crippen molar-refractivity contribution in [3.05, 3.63) is 90.0 Å². The van der Waals surface area contributed by atoms with Gasteiger partial charge in [0.05, 0.1) is 23.3 Å². The maximum absolute atomic E-state index is 11.8. The van der Waals surface area contributed by atoms with E-state index >= 15 is 0 Å². The molecule has 188 valence electrons. The van der Waals surface area contributed by atoms with Crippen LogP contribution in [0.1, 0.15) is 11.3 Å². The number of fused-ring (bicyclic) bond motifs is 1. The third-order valence-electron chi connectivity index (χ3n) is 6.29. The predicted molar refractivity (Wildman–Crippen MR) is 143 cm³/mol. The molecule has 2 aromatic carbocycles. The highest BCUT2D eigenvalue weighted by Crippen LogP contribution is 2.34. The molecule has 8 nitrogen and oxygen atoms in total. The number of aromatic nitrogens is 3. The first-order valence-electron chi connectivity index (χ1n) is 11.9. The molecule has 4 aromatic rings. The van der Waals surface area contributed by atoms with Crippen molar-refractivity contribution >= 4 is 39.9 Å². The molecule has 9 heteroatoms. The second kappa shape index (κ2) is 10.8. The van der Waals surface area contributed by atoms with Gasteiger partial charge in [-0.3, -0.25) is 9.78 Å². The fraction of sp³-hybridized carbons (Fsp3) is 0.214. The van der Waals surface area contributed by atoms with E-state index in [4.69, 9.17) is 21.1 Å². The van der Waals surface area contributed by atoms with Crippen LogP contribution in [0.5, 0.6) is 11.5 Å². The monoisotopic (exact) mass is 515 g/mol. The molecule has 0 radical (unpaired) electrons. The molecule has 37 heavy (non-hydrogen) atoms. The number of pyridine rings is 1. The first-order valence-corrected chi connectivity index (χ1v) is 12.2. The number of hydrogen-bond donors (Lipinski definition) is 1. The quantitative estimate of drug-likeness (QED) is 0.306. The van der Waals surface area contributed by atoms with Crippen LogP contribution in [0, 0.1) is 5.92 Å². The van der Waals surface area contributed by atoms with Crippen LogP contribution in [0.3, 0.4) is 0 Å². The summed E-state index contributed by atoms with van der Waals surface area (Å²) in [7, 11) is 1.65. The number of anilines is 2. The number of nitrogens with one attached hydrogen (secondary N) is 1. The number of halogens is 1. The van der Waals surface area contributed by atoms with Gasteiger partial charge in [-0.05, 0) is 60.4 Å². The highest BCUT2D eigenvalue weighted by atomic mass is 35.5. The van der Waals surface area contributed by atoms with Gasteiger partial charge in [0.15, 0.2) is 0 Å². The molecule has 0 saturated carbocycles. The van der Waals surface area contributed by atoms with Crippen LogP contribution in [0.2, 0.25) is 5.02 Å². The molecule has 2 aromatic heterocycles. The van der Waals surface area contributed by atoms with Crippen molar-refractivity contribution in [1.82, 2.24) is 19.9 Å². The number of hydrogen-bond acceptors (Lipinski definition) is 7. The van der Waals surface area contributed by atoms with Crippen LogP contribution < -0.4 is 14.8 Å². The molecule has 5 rings (SSSR count). The number of benzene rings is 2. The minimum absolute atomic E-state index is 0.0339. The summed E-state index contributed by atoms with van der Waals surface area (Å²) in [5.74, 6) is 2.32. The smallest absolute Gasteiger partial charge is 0.245 e. The summed E-state index contributed by atoms with van der Waals surface area (Å²) >= 11 is 6.50. The molecular formula is C28H26ClN5O3. The lowest BCUT2D eigenvalue weighted by atomic mass is 9.91. The van der Waals surface area contributed by atoms with E-state index in [0.717, 1.165) is 40.0 Å². The molecule has 0 aliphatic carbocycles. The van der Waals surface area contributed by atoms with Crippen LogP contribution >= 0.6 is 11.6 Å². The average Bonchev–Trinajstić information content (AvgIpc) is 2.90. The van der Waals surface area contributed by atoms with Crippen LogP contribution in [0.25, 0.3) is 10.9 Å². The van der Waals surface area contributed by atoms with E-state index in [0.29, 0.717) is 42.2 Å². The Morgan fingerprint density at radius 1 is 1.16 bits per heavy atom. The Bertz CT molecular complexity index is 1440. The molecule has 0 atom stereocenters.